The van der Waals surface area contributed by atoms with Gasteiger partial charge in [0.1, 0.15) is 12.6 Å². The van der Waals surface area contributed by atoms with Crippen molar-refractivity contribution in [2.45, 2.75) is 37.6 Å². The first-order valence-corrected chi connectivity index (χ1v) is 13.5. The highest BCUT2D eigenvalue weighted by atomic mass is 32.2. The van der Waals surface area contributed by atoms with Gasteiger partial charge in [-0.1, -0.05) is 48.5 Å². The maximum atomic E-state index is 13.2. The average molecular weight is 497 g/mol. The van der Waals surface area contributed by atoms with Gasteiger partial charge in [-0.15, -0.1) is 0 Å². The van der Waals surface area contributed by atoms with Gasteiger partial charge >= 0.3 is 12.1 Å². The molecule has 2 aromatic carbocycles. The third kappa shape index (κ3) is 5.99. The zero-order valence-electron chi connectivity index (χ0n) is 19.9. The number of fused-ring (bicyclic) bond motifs is 3. The van der Waals surface area contributed by atoms with Gasteiger partial charge in [0, 0.05) is 25.4 Å². The Morgan fingerprint density at radius 2 is 1.66 bits per heavy atom. The van der Waals surface area contributed by atoms with Crippen molar-refractivity contribution in [2.75, 3.05) is 31.7 Å². The summed E-state index contributed by atoms with van der Waals surface area (Å²) in [4.78, 5) is 38.7. The number of hydrogen-bond donors (Lipinski definition) is 2. The van der Waals surface area contributed by atoms with E-state index in [0.717, 1.165) is 28.0 Å². The molecule has 2 aromatic rings. The number of nitrogens with one attached hydrogen (secondary N) is 1. The van der Waals surface area contributed by atoms with Crippen molar-refractivity contribution in [3.05, 3.63) is 59.7 Å². The van der Waals surface area contributed by atoms with E-state index in [1.807, 2.05) is 30.5 Å². The second-order valence-electron chi connectivity index (χ2n) is 9.17. The van der Waals surface area contributed by atoms with Crippen LogP contribution in [0.4, 0.5) is 4.79 Å². The molecule has 1 heterocycles. The molecule has 4 rings (SSSR count). The number of aliphatic carboxylic acids is 1. The van der Waals surface area contributed by atoms with Crippen LogP contribution in [0.2, 0.25) is 0 Å². The lowest BCUT2D eigenvalue weighted by atomic mass is 9.93. The summed E-state index contributed by atoms with van der Waals surface area (Å²) in [5, 5.41) is 11.8. The Bertz CT molecular complexity index is 1020. The van der Waals surface area contributed by atoms with Crippen molar-refractivity contribution in [2.24, 2.45) is 5.92 Å². The monoisotopic (exact) mass is 496 g/mol. The summed E-state index contributed by atoms with van der Waals surface area (Å²) in [6, 6.07) is 15.7. The van der Waals surface area contributed by atoms with Gasteiger partial charge in [0.05, 0.1) is 0 Å². The Hall–Kier alpha value is -3.00. The first-order valence-electron chi connectivity index (χ1n) is 12.1. The minimum absolute atomic E-state index is 0.0400. The van der Waals surface area contributed by atoms with Gasteiger partial charge in [-0.25, -0.2) is 4.79 Å². The molecule has 0 spiro atoms. The number of carbonyl (C=O) groups is 3. The summed E-state index contributed by atoms with van der Waals surface area (Å²) in [6.45, 7) is 1.22. The van der Waals surface area contributed by atoms with Gasteiger partial charge in [0.15, 0.2) is 0 Å². The molecule has 0 unspecified atom stereocenters. The second kappa shape index (κ2) is 11.6. The first-order chi connectivity index (χ1) is 17.0. The molecule has 35 heavy (non-hydrogen) atoms. The van der Waals surface area contributed by atoms with Gasteiger partial charge in [-0.3, -0.25) is 9.59 Å². The third-order valence-electron chi connectivity index (χ3n) is 6.93. The van der Waals surface area contributed by atoms with Gasteiger partial charge in [-0.2, -0.15) is 11.8 Å². The third-order valence-corrected chi connectivity index (χ3v) is 7.58. The highest BCUT2D eigenvalue weighted by molar-refractivity contribution is 7.98. The van der Waals surface area contributed by atoms with Crippen molar-refractivity contribution in [1.29, 1.82) is 0 Å². The molecular weight excluding hydrogens is 464 g/mol. The van der Waals surface area contributed by atoms with E-state index in [-0.39, 0.29) is 30.8 Å². The van der Waals surface area contributed by atoms with E-state index in [1.54, 1.807) is 16.7 Å². The van der Waals surface area contributed by atoms with E-state index in [1.165, 1.54) is 0 Å². The molecule has 1 saturated heterocycles. The zero-order chi connectivity index (χ0) is 24.8. The molecule has 2 N–H and O–H groups in total. The van der Waals surface area contributed by atoms with E-state index in [9.17, 15) is 14.4 Å². The summed E-state index contributed by atoms with van der Waals surface area (Å²) in [5.41, 5.74) is 4.61. The van der Waals surface area contributed by atoms with Crippen molar-refractivity contribution in [1.82, 2.24) is 10.2 Å². The fraction of sp³-hybridized carbons (Fsp3) is 0.444. The molecule has 0 bridgehead atoms. The maximum absolute atomic E-state index is 13.2. The largest absolute Gasteiger partial charge is 0.481 e. The molecule has 2 amide bonds. The van der Waals surface area contributed by atoms with Gasteiger partial charge in [0.2, 0.25) is 5.91 Å². The predicted molar refractivity (Wildman–Crippen MR) is 137 cm³/mol. The molecule has 2 aliphatic rings. The summed E-state index contributed by atoms with van der Waals surface area (Å²) < 4.78 is 5.66. The smallest absolute Gasteiger partial charge is 0.407 e. The summed E-state index contributed by atoms with van der Waals surface area (Å²) in [7, 11) is 0. The Morgan fingerprint density at radius 3 is 2.23 bits per heavy atom. The first kappa shape index (κ1) is 25.1. The van der Waals surface area contributed by atoms with Crippen LogP contribution in [0.25, 0.3) is 11.1 Å². The number of nitrogens with zero attached hydrogens (tertiary/aromatic N) is 1. The molecule has 8 heteroatoms. The topological polar surface area (TPSA) is 95.9 Å². The second-order valence-corrected chi connectivity index (χ2v) is 10.2. The quantitative estimate of drug-likeness (QED) is 0.536. The predicted octanol–water partition coefficient (Wildman–Crippen LogP) is 4.36. The number of alkyl carbamates (subject to hydrolysis) is 1. The highest BCUT2D eigenvalue weighted by Crippen LogP contribution is 2.44. The average Bonchev–Trinajstić information content (AvgIpc) is 3.18. The number of ether oxygens (including phenoxy) is 1. The van der Waals surface area contributed by atoms with E-state index >= 15 is 0 Å². The van der Waals surface area contributed by atoms with E-state index < -0.39 is 18.1 Å². The van der Waals surface area contributed by atoms with Crippen molar-refractivity contribution in [3.63, 3.8) is 0 Å². The van der Waals surface area contributed by atoms with Crippen molar-refractivity contribution < 1.29 is 24.2 Å². The van der Waals surface area contributed by atoms with Crippen LogP contribution in [0.15, 0.2) is 48.5 Å². The van der Waals surface area contributed by atoms with E-state index in [4.69, 9.17) is 9.84 Å². The Kier molecular flexibility index (Phi) is 8.33. The van der Waals surface area contributed by atoms with Crippen LogP contribution in [-0.4, -0.2) is 65.7 Å². The van der Waals surface area contributed by atoms with Crippen LogP contribution in [-0.2, 0) is 14.3 Å². The van der Waals surface area contributed by atoms with Crippen molar-refractivity contribution >= 4 is 29.7 Å². The maximum Gasteiger partial charge on any atom is 0.407 e. The number of carboxylic acids is 1. The van der Waals surface area contributed by atoms with Crippen LogP contribution in [0, 0.1) is 5.92 Å². The lowest BCUT2D eigenvalue weighted by molar-refractivity contribution is -0.139. The van der Waals surface area contributed by atoms with Gasteiger partial charge in [0.25, 0.3) is 0 Å². The minimum Gasteiger partial charge on any atom is -0.481 e. The van der Waals surface area contributed by atoms with Crippen LogP contribution in [0.5, 0.6) is 0 Å². The number of carbonyl (C=O) groups excluding carboxylic acids is 2. The Labute approximate surface area is 210 Å². The number of amides is 2. The zero-order valence-corrected chi connectivity index (χ0v) is 20.8. The number of rotatable bonds is 9. The number of piperidine rings is 1. The molecule has 0 radical (unpaired) electrons. The normalized spacial score (nSPS) is 16.3. The number of likely N-dealkylation sites (tertiary alicyclic amines) is 1. The number of thioether (sulfide) groups is 1. The fourth-order valence-corrected chi connectivity index (χ4v) is 5.57. The Morgan fingerprint density at radius 1 is 1.06 bits per heavy atom. The van der Waals surface area contributed by atoms with E-state index in [0.29, 0.717) is 32.4 Å². The van der Waals surface area contributed by atoms with Crippen LogP contribution in [0.3, 0.4) is 0 Å². The molecule has 1 aliphatic heterocycles. The lowest BCUT2D eigenvalue weighted by Crippen LogP contribution is -2.51. The van der Waals surface area contributed by atoms with Gasteiger partial charge < -0.3 is 20.1 Å². The summed E-state index contributed by atoms with van der Waals surface area (Å²) in [5.74, 6) is -0.140. The molecule has 1 aliphatic carbocycles. The molecular formula is C27H32N2O5S. The van der Waals surface area contributed by atoms with Crippen LogP contribution >= 0.6 is 11.8 Å². The fourth-order valence-electron chi connectivity index (χ4n) is 5.10. The number of carboxylic acid groups (broad SMARTS) is 1. The highest BCUT2D eigenvalue weighted by Gasteiger charge is 2.32. The van der Waals surface area contributed by atoms with Crippen LogP contribution < -0.4 is 5.32 Å². The Balaban J connectivity index is 1.36. The van der Waals surface area contributed by atoms with Gasteiger partial charge in [-0.05, 0) is 59.4 Å². The SMILES string of the molecule is CSCC[C@H](NC(=O)OCC1c2ccccc2-c2ccccc21)C(=O)N1CCC(CC(=O)O)CC1. The molecule has 186 valence electrons. The molecule has 0 saturated carbocycles. The molecule has 1 fully saturated rings. The van der Waals surface area contributed by atoms with Crippen LogP contribution in [0.1, 0.15) is 42.7 Å². The molecule has 0 aromatic heterocycles. The number of benzene rings is 2. The van der Waals surface area contributed by atoms with Crippen molar-refractivity contribution in [3.8, 4) is 11.1 Å². The lowest BCUT2D eigenvalue weighted by Gasteiger charge is -2.34. The number of hydrogen-bond acceptors (Lipinski definition) is 5. The summed E-state index contributed by atoms with van der Waals surface area (Å²) >= 11 is 1.62. The standard InChI is InChI=1S/C27H32N2O5S/c1-35-15-12-24(26(32)29-13-10-18(11-14-29)16-25(30)31)28-27(33)34-17-23-21-8-4-2-6-19(21)20-7-3-5-9-22(20)23/h2-9,18,23-24H,10-17H2,1H3,(H,28,33)(H,30,31)/t24-/m0/s1. The molecule has 7 nitrogen and oxygen atoms in total. The molecule has 1 atom stereocenters. The summed E-state index contributed by atoms with van der Waals surface area (Å²) in [6.07, 6.45) is 3.35. The van der Waals surface area contributed by atoms with E-state index in [2.05, 4.69) is 29.6 Å². The minimum atomic E-state index is -0.801.